The van der Waals surface area contributed by atoms with Gasteiger partial charge < -0.3 is 19.5 Å². The molecule has 2 aromatic rings. The molecule has 27 heavy (non-hydrogen) atoms. The van der Waals surface area contributed by atoms with Gasteiger partial charge in [0.2, 0.25) is 0 Å². The quantitative estimate of drug-likeness (QED) is 0.830. The van der Waals surface area contributed by atoms with Crippen LogP contribution in [0.3, 0.4) is 0 Å². The predicted molar refractivity (Wildman–Crippen MR) is 103 cm³/mol. The molecular weight excluding hydrogens is 340 g/mol. The number of ether oxygens (including phenoxy) is 2. The minimum atomic E-state index is -0.457. The molecule has 3 atom stereocenters. The first kappa shape index (κ1) is 16.6. The normalized spacial score (nSPS) is 28.2. The largest absolute Gasteiger partial charge is 0.493 e. The molecule has 1 spiro atoms. The molecule has 140 valence electrons. The van der Waals surface area contributed by atoms with Crippen molar-refractivity contribution in [2.45, 2.75) is 43.9 Å². The Labute approximate surface area is 159 Å². The number of hydrogen-bond donors (Lipinski definition) is 1. The average molecular weight is 364 g/mol. The Kier molecular flexibility index (Phi) is 3.69. The fraction of sp³-hybridized carbons (Fsp3) is 0.409. The van der Waals surface area contributed by atoms with Crippen molar-refractivity contribution in [2.24, 2.45) is 0 Å². The van der Waals surface area contributed by atoms with Crippen LogP contribution >= 0.6 is 0 Å². The van der Waals surface area contributed by atoms with Crippen molar-refractivity contribution in [2.75, 3.05) is 18.6 Å². The number of anilines is 1. The van der Waals surface area contributed by atoms with Gasteiger partial charge in [-0.3, -0.25) is 0 Å². The van der Waals surface area contributed by atoms with E-state index in [1.54, 1.807) is 7.11 Å². The maximum Gasteiger partial charge on any atom is 0.166 e. The second kappa shape index (κ2) is 5.99. The number of hydrogen-bond acceptors (Lipinski definition) is 5. The van der Waals surface area contributed by atoms with Gasteiger partial charge in [0.05, 0.1) is 18.6 Å². The highest BCUT2D eigenvalue weighted by atomic mass is 16.5. The lowest BCUT2D eigenvalue weighted by atomic mass is 9.69. The van der Waals surface area contributed by atoms with E-state index in [-0.39, 0.29) is 11.5 Å². The van der Waals surface area contributed by atoms with Crippen LogP contribution in [-0.4, -0.2) is 36.0 Å². The van der Waals surface area contributed by atoms with Crippen molar-refractivity contribution in [3.05, 3.63) is 59.3 Å². The summed E-state index contributed by atoms with van der Waals surface area (Å²) >= 11 is 0. The number of aromatic nitrogens is 1. The van der Waals surface area contributed by atoms with E-state index in [4.69, 9.17) is 9.47 Å². The van der Waals surface area contributed by atoms with Crippen LogP contribution in [0.1, 0.15) is 29.5 Å². The van der Waals surface area contributed by atoms with E-state index in [0.29, 0.717) is 6.42 Å². The summed E-state index contributed by atoms with van der Waals surface area (Å²) in [6, 6.07) is 8.24. The van der Waals surface area contributed by atoms with Gasteiger partial charge in [0.25, 0.3) is 0 Å². The van der Waals surface area contributed by atoms with Gasteiger partial charge in [0.15, 0.2) is 11.5 Å². The van der Waals surface area contributed by atoms with Crippen LogP contribution in [0.5, 0.6) is 11.5 Å². The second-order valence-electron chi connectivity index (χ2n) is 7.76. The third-order valence-electron chi connectivity index (χ3n) is 6.24. The third kappa shape index (κ3) is 2.38. The van der Waals surface area contributed by atoms with Crippen molar-refractivity contribution in [1.29, 1.82) is 0 Å². The van der Waals surface area contributed by atoms with Crippen LogP contribution in [0.15, 0.2) is 42.6 Å². The number of benzene rings is 1. The molecule has 3 heterocycles. The summed E-state index contributed by atoms with van der Waals surface area (Å²) in [4.78, 5) is 7.00. The zero-order valence-electron chi connectivity index (χ0n) is 15.7. The Morgan fingerprint density at radius 3 is 3.04 bits per heavy atom. The van der Waals surface area contributed by atoms with Crippen LogP contribution < -0.4 is 14.4 Å². The molecule has 0 unspecified atom stereocenters. The maximum atomic E-state index is 10.2. The van der Waals surface area contributed by atoms with Crippen molar-refractivity contribution in [1.82, 2.24) is 4.98 Å². The van der Waals surface area contributed by atoms with Crippen LogP contribution in [-0.2, 0) is 12.0 Å². The molecule has 1 aliphatic carbocycles. The van der Waals surface area contributed by atoms with E-state index in [1.807, 2.05) is 24.4 Å². The molecule has 2 aliphatic heterocycles. The fourth-order valence-corrected chi connectivity index (χ4v) is 4.93. The zero-order valence-corrected chi connectivity index (χ0v) is 15.7. The van der Waals surface area contributed by atoms with Gasteiger partial charge in [-0.25, -0.2) is 4.98 Å². The first-order valence-corrected chi connectivity index (χ1v) is 9.53. The Morgan fingerprint density at radius 1 is 1.33 bits per heavy atom. The topological polar surface area (TPSA) is 54.8 Å². The lowest BCUT2D eigenvalue weighted by Crippen LogP contribution is -2.43. The monoisotopic (exact) mass is 364 g/mol. The molecule has 0 saturated carbocycles. The van der Waals surface area contributed by atoms with Crippen molar-refractivity contribution >= 4 is 5.82 Å². The third-order valence-corrected chi connectivity index (χ3v) is 6.24. The molecule has 0 amide bonds. The van der Waals surface area contributed by atoms with Crippen molar-refractivity contribution in [3.8, 4) is 11.5 Å². The summed E-state index contributed by atoms with van der Waals surface area (Å²) in [6.07, 6.45) is 6.97. The number of rotatable bonds is 2. The highest BCUT2D eigenvalue weighted by Gasteiger charge is 2.52. The molecule has 0 bridgehead atoms. The molecule has 1 aromatic carbocycles. The first-order chi connectivity index (χ1) is 13.1. The molecule has 0 saturated heterocycles. The van der Waals surface area contributed by atoms with Gasteiger partial charge in [-0.2, -0.15) is 0 Å². The summed E-state index contributed by atoms with van der Waals surface area (Å²) in [5, 5.41) is 10.2. The molecule has 3 aliphatic rings. The number of aliphatic hydroxyl groups excluding tert-OH is 1. The summed E-state index contributed by atoms with van der Waals surface area (Å²) in [7, 11) is 1.68. The zero-order chi connectivity index (χ0) is 18.6. The Hall–Kier alpha value is -2.53. The van der Waals surface area contributed by atoms with Gasteiger partial charge in [-0.15, -0.1) is 0 Å². The molecular formula is C22H24N2O3. The molecule has 1 aromatic heterocycles. The Morgan fingerprint density at radius 2 is 2.22 bits per heavy atom. The van der Waals surface area contributed by atoms with Crippen molar-refractivity contribution in [3.63, 3.8) is 0 Å². The predicted octanol–water partition coefficient (Wildman–Crippen LogP) is 3.13. The Balaban J connectivity index is 1.67. The first-order valence-electron chi connectivity index (χ1n) is 9.53. The van der Waals surface area contributed by atoms with E-state index < -0.39 is 6.10 Å². The SMILES string of the molecule is COc1ccc2c3c1O[C@H]1C[C@@H](O)C=C[C@@]31CCN(c1ncccc1C)C2. The van der Waals surface area contributed by atoms with Gasteiger partial charge in [-0.1, -0.05) is 24.3 Å². The molecule has 0 fully saturated rings. The van der Waals surface area contributed by atoms with Gasteiger partial charge in [0.1, 0.15) is 11.9 Å². The summed E-state index contributed by atoms with van der Waals surface area (Å²) in [5.74, 6) is 2.65. The van der Waals surface area contributed by atoms with E-state index in [0.717, 1.165) is 36.8 Å². The lowest BCUT2D eigenvalue weighted by molar-refractivity contribution is 0.0856. The molecule has 5 nitrogen and oxygen atoms in total. The minimum Gasteiger partial charge on any atom is -0.493 e. The number of pyridine rings is 1. The van der Waals surface area contributed by atoms with Crippen LogP contribution in [0.4, 0.5) is 5.82 Å². The van der Waals surface area contributed by atoms with Crippen molar-refractivity contribution < 1.29 is 14.6 Å². The van der Waals surface area contributed by atoms with Crippen LogP contribution in [0.2, 0.25) is 0 Å². The summed E-state index contributed by atoms with van der Waals surface area (Å²) < 4.78 is 12.0. The van der Waals surface area contributed by atoms with Gasteiger partial charge in [-0.05, 0) is 36.6 Å². The fourth-order valence-electron chi connectivity index (χ4n) is 4.93. The van der Waals surface area contributed by atoms with E-state index in [2.05, 4.69) is 35.0 Å². The smallest absolute Gasteiger partial charge is 0.166 e. The van der Waals surface area contributed by atoms with E-state index in [1.165, 1.54) is 16.7 Å². The number of methoxy groups -OCH3 is 1. The maximum absolute atomic E-state index is 10.2. The van der Waals surface area contributed by atoms with Crippen LogP contribution in [0, 0.1) is 6.92 Å². The Bertz CT molecular complexity index is 926. The molecule has 5 heteroatoms. The van der Waals surface area contributed by atoms with Gasteiger partial charge >= 0.3 is 0 Å². The summed E-state index contributed by atoms with van der Waals surface area (Å²) in [6.45, 7) is 3.78. The highest BCUT2D eigenvalue weighted by molar-refractivity contribution is 5.62. The number of aliphatic hydroxyl groups is 1. The minimum absolute atomic E-state index is 0.0627. The van der Waals surface area contributed by atoms with Crippen LogP contribution in [0.25, 0.3) is 0 Å². The standard InChI is InChI=1S/C22H24N2O3/c1-14-4-3-10-23-21(14)24-11-9-22-8-7-16(25)12-18(22)27-20-17(26-2)6-5-15(13-24)19(20)22/h3-8,10,16,18,25H,9,11-13H2,1-2H3/t16-,18-,22-/m0/s1. The summed E-state index contributed by atoms with van der Waals surface area (Å²) in [5.41, 5.74) is 3.45. The molecule has 0 radical (unpaired) electrons. The highest BCUT2D eigenvalue weighted by Crippen LogP contribution is 2.55. The average Bonchev–Trinajstić information content (AvgIpc) is 2.90. The van der Waals surface area contributed by atoms with E-state index >= 15 is 0 Å². The second-order valence-corrected chi connectivity index (χ2v) is 7.76. The lowest BCUT2D eigenvalue weighted by Gasteiger charge is -2.36. The van der Waals surface area contributed by atoms with Gasteiger partial charge in [0, 0.05) is 31.3 Å². The molecule has 5 rings (SSSR count). The van der Waals surface area contributed by atoms with E-state index in [9.17, 15) is 5.11 Å². The number of nitrogens with zero attached hydrogens (tertiary/aromatic N) is 2. The molecule has 1 N–H and O–H groups in total. The number of aryl methyl sites for hydroxylation is 1.